The Morgan fingerprint density at radius 2 is 2.03 bits per heavy atom. The Morgan fingerprint density at radius 3 is 2.93 bits per heavy atom. The van der Waals surface area contributed by atoms with Gasteiger partial charge < -0.3 is 9.64 Å². The molecule has 5 heteroatoms. The number of thioether (sulfide) groups is 1. The number of benzene rings is 2. The van der Waals surface area contributed by atoms with E-state index in [9.17, 15) is 0 Å². The molecule has 154 valence electrons. The van der Waals surface area contributed by atoms with E-state index in [4.69, 9.17) is 9.73 Å². The molecule has 5 rings (SSSR count). The number of ether oxygens (including phenoxy) is 1. The number of aliphatic imine (C=N–C) groups is 1. The van der Waals surface area contributed by atoms with Crippen LogP contribution in [0.5, 0.6) is 0 Å². The van der Waals surface area contributed by atoms with Crippen molar-refractivity contribution < 1.29 is 4.74 Å². The number of nitrogens with zero attached hydrogens (tertiary/aromatic N) is 3. The minimum Gasteiger partial charge on any atom is -0.375 e. The first-order chi connectivity index (χ1) is 14.8. The molecule has 0 amide bonds. The first kappa shape index (κ1) is 19.6. The van der Waals surface area contributed by atoms with Crippen molar-refractivity contribution in [2.75, 3.05) is 12.4 Å². The van der Waals surface area contributed by atoms with E-state index in [0.29, 0.717) is 12.6 Å². The number of amidine groups is 1. The van der Waals surface area contributed by atoms with E-state index in [1.165, 1.54) is 22.9 Å². The highest BCUT2D eigenvalue weighted by Gasteiger charge is 2.31. The maximum Gasteiger partial charge on any atom is 0.164 e. The summed E-state index contributed by atoms with van der Waals surface area (Å²) in [7, 11) is 0. The minimum absolute atomic E-state index is 0.562. The van der Waals surface area contributed by atoms with Crippen LogP contribution in [-0.4, -0.2) is 33.5 Å². The van der Waals surface area contributed by atoms with Crippen LogP contribution in [0.15, 0.2) is 59.7 Å². The molecule has 0 spiro atoms. The van der Waals surface area contributed by atoms with Crippen molar-refractivity contribution in [2.45, 2.75) is 45.4 Å². The fourth-order valence-electron chi connectivity index (χ4n) is 4.29. The van der Waals surface area contributed by atoms with Gasteiger partial charge in [-0.1, -0.05) is 49.0 Å². The van der Waals surface area contributed by atoms with Gasteiger partial charge in [-0.15, -0.1) is 0 Å². The SMILES string of the molecule is CCCOCc1cc2cc(N=C3SCCC4Cc5ccccc5CN34)ccc2cn1. The molecule has 2 aliphatic heterocycles. The van der Waals surface area contributed by atoms with Gasteiger partial charge in [0.05, 0.1) is 18.0 Å². The third kappa shape index (κ3) is 4.09. The molecule has 0 aliphatic carbocycles. The molecule has 30 heavy (non-hydrogen) atoms. The van der Waals surface area contributed by atoms with Crippen LogP contribution in [0.25, 0.3) is 10.8 Å². The van der Waals surface area contributed by atoms with E-state index >= 15 is 0 Å². The molecule has 0 bridgehead atoms. The number of fused-ring (bicyclic) bond motifs is 3. The van der Waals surface area contributed by atoms with Crippen LogP contribution >= 0.6 is 11.8 Å². The van der Waals surface area contributed by atoms with Gasteiger partial charge in [0, 0.05) is 36.5 Å². The fraction of sp³-hybridized carbons (Fsp3) is 0.360. The molecule has 4 nitrogen and oxygen atoms in total. The van der Waals surface area contributed by atoms with E-state index in [1.54, 1.807) is 0 Å². The van der Waals surface area contributed by atoms with Gasteiger partial charge in [0.15, 0.2) is 5.17 Å². The van der Waals surface area contributed by atoms with Crippen LogP contribution in [0.2, 0.25) is 0 Å². The number of pyridine rings is 1. The molecule has 1 unspecified atom stereocenters. The van der Waals surface area contributed by atoms with E-state index in [2.05, 4.69) is 65.3 Å². The van der Waals surface area contributed by atoms with E-state index < -0.39 is 0 Å². The fourth-order valence-corrected chi connectivity index (χ4v) is 5.41. The first-order valence-corrected chi connectivity index (χ1v) is 11.8. The zero-order chi connectivity index (χ0) is 20.3. The van der Waals surface area contributed by atoms with Crippen molar-refractivity contribution in [1.82, 2.24) is 9.88 Å². The molecule has 1 saturated heterocycles. The standard InChI is InChI=1S/C25H27N3OS/c1-2-10-29-17-23-13-21-12-22(8-7-19(21)15-26-23)27-25-28-16-20-6-4-3-5-18(20)14-24(28)9-11-30-25/h3-8,12-13,15,24H,2,9-11,14,16-17H2,1H3. The van der Waals surface area contributed by atoms with Gasteiger partial charge in [-0.3, -0.25) is 4.98 Å². The average Bonchev–Trinajstić information content (AvgIpc) is 2.78. The van der Waals surface area contributed by atoms with Crippen molar-refractivity contribution in [2.24, 2.45) is 4.99 Å². The highest BCUT2D eigenvalue weighted by Crippen LogP contribution is 2.34. The van der Waals surface area contributed by atoms with Gasteiger partial charge in [-0.2, -0.15) is 0 Å². The second-order valence-electron chi connectivity index (χ2n) is 8.05. The van der Waals surface area contributed by atoms with Crippen LogP contribution in [0.3, 0.4) is 0 Å². The quantitative estimate of drug-likeness (QED) is 0.498. The van der Waals surface area contributed by atoms with E-state index in [1.807, 2.05) is 18.0 Å². The summed E-state index contributed by atoms with van der Waals surface area (Å²) in [5, 5.41) is 3.46. The zero-order valence-electron chi connectivity index (χ0n) is 17.4. The molecule has 3 heterocycles. The monoisotopic (exact) mass is 417 g/mol. The molecule has 0 radical (unpaired) electrons. The van der Waals surface area contributed by atoms with Crippen molar-refractivity contribution in [3.8, 4) is 0 Å². The number of hydrogen-bond acceptors (Lipinski definition) is 4. The lowest BCUT2D eigenvalue weighted by Crippen LogP contribution is -2.46. The Bertz CT molecular complexity index is 1080. The second-order valence-corrected chi connectivity index (χ2v) is 9.11. The molecule has 0 N–H and O–H groups in total. The van der Waals surface area contributed by atoms with E-state index in [-0.39, 0.29) is 0 Å². The molecular formula is C25H27N3OS. The topological polar surface area (TPSA) is 37.7 Å². The van der Waals surface area contributed by atoms with Crippen molar-refractivity contribution in [3.05, 3.63) is 71.5 Å². The van der Waals surface area contributed by atoms with Gasteiger partial charge in [-0.25, -0.2) is 4.99 Å². The van der Waals surface area contributed by atoms with Crippen LogP contribution in [-0.2, 0) is 24.3 Å². The summed E-state index contributed by atoms with van der Waals surface area (Å²) < 4.78 is 5.66. The average molecular weight is 418 g/mol. The molecular weight excluding hydrogens is 390 g/mol. The number of hydrogen-bond donors (Lipinski definition) is 0. The summed E-state index contributed by atoms with van der Waals surface area (Å²) in [4.78, 5) is 12.1. The van der Waals surface area contributed by atoms with Crippen LogP contribution in [0, 0.1) is 0 Å². The maximum atomic E-state index is 5.66. The summed E-state index contributed by atoms with van der Waals surface area (Å²) in [6, 6.07) is 17.9. The molecule has 1 aromatic heterocycles. The summed E-state index contributed by atoms with van der Waals surface area (Å²) in [5.74, 6) is 1.14. The molecule has 3 aromatic rings. The van der Waals surface area contributed by atoms with Crippen LogP contribution < -0.4 is 0 Å². The largest absolute Gasteiger partial charge is 0.375 e. The van der Waals surface area contributed by atoms with Crippen molar-refractivity contribution in [1.29, 1.82) is 0 Å². The van der Waals surface area contributed by atoms with E-state index in [0.717, 1.165) is 53.7 Å². The Kier molecular flexibility index (Phi) is 5.73. The van der Waals surface area contributed by atoms with Gasteiger partial charge >= 0.3 is 0 Å². The Morgan fingerprint density at radius 1 is 1.13 bits per heavy atom. The highest BCUT2D eigenvalue weighted by atomic mass is 32.2. The van der Waals surface area contributed by atoms with Crippen molar-refractivity contribution in [3.63, 3.8) is 0 Å². The smallest absolute Gasteiger partial charge is 0.164 e. The summed E-state index contributed by atoms with van der Waals surface area (Å²) in [5.41, 5.74) is 4.92. The van der Waals surface area contributed by atoms with Gasteiger partial charge in [0.25, 0.3) is 0 Å². The molecule has 2 aromatic carbocycles. The molecule has 1 fully saturated rings. The number of aromatic nitrogens is 1. The maximum absolute atomic E-state index is 5.66. The summed E-state index contributed by atoms with van der Waals surface area (Å²) in [6.45, 7) is 4.41. The lowest BCUT2D eigenvalue weighted by molar-refractivity contribution is 0.119. The highest BCUT2D eigenvalue weighted by molar-refractivity contribution is 8.13. The molecule has 0 saturated carbocycles. The normalized spacial score (nSPS) is 19.7. The zero-order valence-corrected chi connectivity index (χ0v) is 18.2. The first-order valence-electron chi connectivity index (χ1n) is 10.8. The summed E-state index contributed by atoms with van der Waals surface area (Å²) in [6.07, 6.45) is 5.31. The summed E-state index contributed by atoms with van der Waals surface area (Å²) >= 11 is 1.88. The second kappa shape index (κ2) is 8.78. The Labute approximate surface area is 182 Å². The van der Waals surface area contributed by atoms with Gasteiger partial charge in [-0.05, 0) is 54.0 Å². The van der Waals surface area contributed by atoms with Crippen LogP contribution in [0.4, 0.5) is 5.69 Å². The number of rotatable bonds is 5. The molecule has 2 aliphatic rings. The van der Waals surface area contributed by atoms with Crippen molar-refractivity contribution >= 4 is 33.4 Å². The van der Waals surface area contributed by atoms with Crippen LogP contribution in [0.1, 0.15) is 36.6 Å². The minimum atomic E-state index is 0.562. The lowest BCUT2D eigenvalue weighted by Gasteiger charge is -2.41. The molecule has 1 atom stereocenters. The predicted octanol–water partition coefficient (Wildman–Crippen LogP) is 5.71. The Hall–Kier alpha value is -2.37. The Balaban J connectivity index is 1.41. The van der Waals surface area contributed by atoms with Gasteiger partial charge in [0.2, 0.25) is 0 Å². The van der Waals surface area contributed by atoms with Gasteiger partial charge in [0.1, 0.15) is 0 Å². The third-order valence-electron chi connectivity index (χ3n) is 5.87. The third-order valence-corrected chi connectivity index (χ3v) is 6.89. The predicted molar refractivity (Wildman–Crippen MR) is 125 cm³/mol. The lowest BCUT2D eigenvalue weighted by atomic mass is 9.93.